The second kappa shape index (κ2) is 8.97. The lowest BCUT2D eigenvalue weighted by Gasteiger charge is -2.31. The second-order valence-corrected chi connectivity index (χ2v) is 7.04. The molecule has 2 amide bonds. The van der Waals surface area contributed by atoms with E-state index in [-0.39, 0.29) is 30.0 Å². The molecule has 0 saturated carbocycles. The van der Waals surface area contributed by atoms with E-state index in [0.29, 0.717) is 11.6 Å². The molecule has 5 nitrogen and oxygen atoms in total. The van der Waals surface area contributed by atoms with Gasteiger partial charge in [-0.2, -0.15) is 0 Å². The van der Waals surface area contributed by atoms with E-state index in [9.17, 15) is 14.0 Å². The van der Waals surface area contributed by atoms with Crippen LogP contribution in [0.3, 0.4) is 0 Å². The molecule has 0 aliphatic carbocycles. The van der Waals surface area contributed by atoms with Crippen LogP contribution in [0, 0.1) is 11.7 Å². The third-order valence-electron chi connectivity index (χ3n) is 4.49. The number of benzene rings is 2. The number of likely N-dealkylation sites (tertiary alicyclic amines) is 1. The Morgan fingerprint density at radius 3 is 2.70 bits per heavy atom. The summed E-state index contributed by atoms with van der Waals surface area (Å²) >= 11 is 5.84. The van der Waals surface area contributed by atoms with Crippen LogP contribution in [0.2, 0.25) is 5.02 Å². The van der Waals surface area contributed by atoms with E-state index >= 15 is 0 Å². The van der Waals surface area contributed by atoms with Gasteiger partial charge in [0.15, 0.2) is 0 Å². The zero-order valence-corrected chi connectivity index (χ0v) is 15.5. The fraction of sp³-hybridized carbons (Fsp3) is 0.300. The topological polar surface area (TPSA) is 61.4 Å². The molecule has 142 valence electrons. The smallest absolute Gasteiger partial charge is 0.238 e. The van der Waals surface area contributed by atoms with Gasteiger partial charge in [0.05, 0.1) is 18.2 Å². The number of halogens is 2. The summed E-state index contributed by atoms with van der Waals surface area (Å²) in [5.41, 5.74) is 0.816. The van der Waals surface area contributed by atoms with E-state index in [4.69, 9.17) is 11.6 Å². The van der Waals surface area contributed by atoms with Gasteiger partial charge in [0.1, 0.15) is 5.82 Å². The van der Waals surface area contributed by atoms with E-state index in [1.165, 1.54) is 18.2 Å². The maximum Gasteiger partial charge on any atom is 0.238 e. The predicted molar refractivity (Wildman–Crippen MR) is 104 cm³/mol. The maximum absolute atomic E-state index is 13.7. The standard InChI is InChI=1S/C20H21ClFN3O2/c21-15-8-9-17(22)18(11-15)24-19(26)13-25-10-4-5-14(12-25)20(27)23-16-6-2-1-3-7-16/h1-3,6-9,11,14H,4-5,10,12-13H2,(H,23,27)(H,24,26). The van der Waals surface area contributed by atoms with Crippen molar-refractivity contribution < 1.29 is 14.0 Å². The monoisotopic (exact) mass is 389 g/mol. The molecule has 1 saturated heterocycles. The van der Waals surface area contributed by atoms with E-state index in [1.807, 2.05) is 35.2 Å². The zero-order valence-electron chi connectivity index (χ0n) is 14.8. The third kappa shape index (κ3) is 5.52. The van der Waals surface area contributed by atoms with Crippen molar-refractivity contribution in [1.82, 2.24) is 4.90 Å². The number of hydrogen-bond donors (Lipinski definition) is 2. The Labute approximate surface area is 162 Å². The number of anilines is 2. The van der Waals surface area contributed by atoms with Crippen LogP contribution in [0.4, 0.5) is 15.8 Å². The molecule has 0 bridgehead atoms. The molecule has 2 aromatic rings. The highest BCUT2D eigenvalue weighted by Gasteiger charge is 2.27. The summed E-state index contributed by atoms with van der Waals surface area (Å²) in [5, 5.41) is 5.80. The van der Waals surface area contributed by atoms with Crippen LogP contribution in [0.1, 0.15) is 12.8 Å². The van der Waals surface area contributed by atoms with Crippen molar-refractivity contribution in [3.63, 3.8) is 0 Å². The van der Waals surface area contributed by atoms with Gasteiger partial charge in [-0.25, -0.2) is 4.39 Å². The van der Waals surface area contributed by atoms with Crippen LogP contribution in [0.15, 0.2) is 48.5 Å². The number of nitrogens with one attached hydrogen (secondary N) is 2. The van der Waals surface area contributed by atoms with Crippen LogP contribution < -0.4 is 10.6 Å². The molecular weight excluding hydrogens is 369 g/mol. The summed E-state index contributed by atoms with van der Waals surface area (Å²) in [6, 6.07) is 13.3. The van der Waals surface area contributed by atoms with Gasteiger partial charge in [0.2, 0.25) is 11.8 Å². The summed E-state index contributed by atoms with van der Waals surface area (Å²) in [4.78, 5) is 26.6. The Kier molecular flexibility index (Phi) is 6.42. The Morgan fingerprint density at radius 2 is 1.93 bits per heavy atom. The van der Waals surface area contributed by atoms with Crippen molar-refractivity contribution in [1.29, 1.82) is 0 Å². The van der Waals surface area contributed by atoms with Crippen LogP contribution in [0.5, 0.6) is 0 Å². The summed E-state index contributed by atoms with van der Waals surface area (Å²) in [7, 11) is 0. The minimum atomic E-state index is -0.536. The first-order chi connectivity index (χ1) is 13.0. The van der Waals surface area contributed by atoms with Crippen LogP contribution in [-0.4, -0.2) is 36.3 Å². The fourth-order valence-corrected chi connectivity index (χ4v) is 3.34. The van der Waals surface area contributed by atoms with E-state index < -0.39 is 5.82 Å². The zero-order chi connectivity index (χ0) is 19.2. The molecule has 1 unspecified atom stereocenters. The number of rotatable bonds is 5. The Bertz CT molecular complexity index is 816. The molecule has 0 spiro atoms. The van der Waals surface area contributed by atoms with Gasteiger partial charge < -0.3 is 10.6 Å². The molecule has 1 aliphatic heterocycles. The van der Waals surface area contributed by atoms with Crippen LogP contribution in [0.25, 0.3) is 0 Å². The molecule has 27 heavy (non-hydrogen) atoms. The first-order valence-corrected chi connectivity index (χ1v) is 9.22. The second-order valence-electron chi connectivity index (χ2n) is 6.60. The molecule has 0 radical (unpaired) electrons. The maximum atomic E-state index is 13.7. The van der Waals surface area contributed by atoms with Crippen molar-refractivity contribution in [3.05, 3.63) is 59.4 Å². The lowest BCUT2D eigenvalue weighted by Crippen LogP contribution is -2.44. The third-order valence-corrected chi connectivity index (χ3v) is 4.72. The first kappa shape index (κ1) is 19.3. The van der Waals surface area contributed by atoms with E-state index in [1.54, 1.807) is 0 Å². The number of carbonyl (C=O) groups excluding carboxylic acids is 2. The quantitative estimate of drug-likeness (QED) is 0.818. The Hall–Kier alpha value is -2.44. The number of piperidine rings is 1. The van der Waals surface area contributed by atoms with Gasteiger partial charge in [-0.15, -0.1) is 0 Å². The molecule has 2 aromatic carbocycles. The van der Waals surface area contributed by atoms with Crippen LogP contribution in [-0.2, 0) is 9.59 Å². The molecule has 1 aliphatic rings. The summed E-state index contributed by atoms with van der Waals surface area (Å²) in [5.74, 6) is -1.10. The lowest BCUT2D eigenvalue weighted by molar-refractivity contribution is -0.123. The first-order valence-electron chi connectivity index (χ1n) is 8.84. The molecule has 7 heteroatoms. The number of amides is 2. The van der Waals surface area contributed by atoms with Crippen molar-refractivity contribution in [3.8, 4) is 0 Å². The highest BCUT2D eigenvalue weighted by Crippen LogP contribution is 2.21. The largest absolute Gasteiger partial charge is 0.326 e. The van der Waals surface area contributed by atoms with Gasteiger partial charge in [-0.3, -0.25) is 14.5 Å². The molecule has 1 fully saturated rings. The highest BCUT2D eigenvalue weighted by atomic mass is 35.5. The minimum Gasteiger partial charge on any atom is -0.326 e. The molecule has 3 rings (SSSR count). The predicted octanol–water partition coefficient (Wildman–Crippen LogP) is 3.77. The summed E-state index contributed by atoms with van der Waals surface area (Å²) in [6.45, 7) is 1.31. The molecule has 2 N–H and O–H groups in total. The highest BCUT2D eigenvalue weighted by molar-refractivity contribution is 6.30. The molecule has 1 heterocycles. The molecule has 1 atom stereocenters. The van der Waals surface area contributed by atoms with E-state index in [0.717, 1.165) is 25.1 Å². The van der Waals surface area contributed by atoms with Crippen molar-refractivity contribution >= 4 is 34.8 Å². The van der Waals surface area contributed by atoms with Gasteiger partial charge >= 0.3 is 0 Å². The van der Waals surface area contributed by atoms with Gasteiger partial charge in [-0.1, -0.05) is 29.8 Å². The van der Waals surface area contributed by atoms with Gasteiger partial charge in [0.25, 0.3) is 0 Å². The van der Waals surface area contributed by atoms with Crippen molar-refractivity contribution in [2.24, 2.45) is 5.92 Å². The fourth-order valence-electron chi connectivity index (χ4n) is 3.17. The minimum absolute atomic E-state index is 0.0489. The summed E-state index contributed by atoms with van der Waals surface area (Å²) < 4.78 is 13.7. The van der Waals surface area contributed by atoms with Crippen molar-refractivity contribution in [2.75, 3.05) is 30.3 Å². The van der Waals surface area contributed by atoms with Gasteiger partial charge in [0, 0.05) is 17.3 Å². The average molecular weight is 390 g/mol. The van der Waals surface area contributed by atoms with Crippen LogP contribution >= 0.6 is 11.6 Å². The normalized spacial score (nSPS) is 17.3. The van der Waals surface area contributed by atoms with Gasteiger partial charge in [-0.05, 0) is 49.7 Å². The Morgan fingerprint density at radius 1 is 1.15 bits per heavy atom. The SMILES string of the molecule is O=C(CN1CCCC(C(=O)Nc2ccccc2)C1)Nc1cc(Cl)ccc1F. The molecule has 0 aromatic heterocycles. The lowest BCUT2D eigenvalue weighted by atomic mass is 9.97. The number of para-hydroxylation sites is 1. The summed E-state index contributed by atoms with van der Waals surface area (Å²) in [6.07, 6.45) is 1.60. The van der Waals surface area contributed by atoms with E-state index in [2.05, 4.69) is 10.6 Å². The number of carbonyl (C=O) groups is 2. The Balaban J connectivity index is 1.54. The number of nitrogens with zero attached hydrogens (tertiary/aromatic N) is 1. The molecular formula is C20H21ClFN3O2. The average Bonchev–Trinajstić information content (AvgIpc) is 2.65. The number of hydrogen-bond acceptors (Lipinski definition) is 3. The van der Waals surface area contributed by atoms with Crippen molar-refractivity contribution in [2.45, 2.75) is 12.8 Å².